The molecule has 0 saturated carbocycles. The SMILES string of the molecule is C=C/C=C(/c1cccc(F)c1)c1nc(-c2n[nH]c3ccc(-c4cncc(NC(=C)CC(C)C)c4)nc23)[nH]c1C. The molecule has 39 heavy (non-hydrogen) atoms. The molecule has 0 bridgehead atoms. The van der Waals surface area contributed by atoms with Gasteiger partial charge < -0.3 is 10.3 Å². The summed E-state index contributed by atoms with van der Waals surface area (Å²) in [6, 6.07) is 12.3. The highest BCUT2D eigenvalue weighted by Gasteiger charge is 2.19. The number of aromatic amines is 2. The van der Waals surface area contributed by atoms with Gasteiger partial charge in [0.2, 0.25) is 0 Å². The number of benzene rings is 1. The lowest BCUT2D eigenvalue weighted by atomic mass is 10.0. The standard InChI is InChI=1S/C31H30FN7/c1-6-8-25(21-9-7-10-23(32)14-21)28-20(5)35-31(37-28)30-29-27(38-39-30)12-11-26(36-29)22-15-24(17-33-16-22)34-19(4)13-18(2)3/h6-12,14-18,34H,1,4,13H2,2-3,5H3,(H,35,37)(H,38,39)/b25-8-. The van der Waals surface area contributed by atoms with Crippen molar-refractivity contribution in [3.63, 3.8) is 0 Å². The summed E-state index contributed by atoms with van der Waals surface area (Å²) in [6.07, 6.45) is 7.92. The fourth-order valence-electron chi connectivity index (χ4n) is 4.54. The Kier molecular flexibility index (Phi) is 7.19. The summed E-state index contributed by atoms with van der Waals surface area (Å²) in [5.41, 5.74) is 8.44. The molecule has 0 fully saturated rings. The minimum Gasteiger partial charge on any atom is -0.358 e. The average Bonchev–Trinajstić information content (AvgIpc) is 3.49. The molecule has 3 N–H and O–H groups in total. The molecule has 0 spiro atoms. The van der Waals surface area contributed by atoms with E-state index in [2.05, 4.69) is 52.5 Å². The Morgan fingerprint density at radius 3 is 2.74 bits per heavy atom. The molecule has 0 amide bonds. The molecule has 0 aliphatic heterocycles. The Labute approximate surface area is 226 Å². The number of imidazole rings is 1. The molecule has 0 atom stereocenters. The number of aryl methyl sites for hydroxylation is 1. The van der Waals surface area contributed by atoms with Crippen molar-refractivity contribution in [1.29, 1.82) is 0 Å². The number of H-pyrrole nitrogens is 2. The van der Waals surface area contributed by atoms with Crippen molar-refractivity contribution in [1.82, 2.24) is 30.1 Å². The predicted molar refractivity (Wildman–Crippen MR) is 155 cm³/mol. The van der Waals surface area contributed by atoms with E-state index in [0.717, 1.165) is 45.8 Å². The van der Waals surface area contributed by atoms with Gasteiger partial charge in [0.25, 0.3) is 0 Å². The van der Waals surface area contributed by atoms with E-state index in [9.17, 15) is 4.39 Å². The number of hydrogen-bond donors (Lipinski definition) is 3. The summed E-state index contributed by atoms with van der Waals surface area (Å²) in [5, 5.41) is 10.9. The number of hydrogen-bond acceptors (Lipinski definition) is 5. The monoisotopic (exact) mass is 519 g/mol. The second kappa shape index (κ2) is 10.9. The highest BCUT2D eigenvalue weighted by atomic mass is 19.1. The van der Waals surface area contributed by atoms with E-state index in [1.807, 2.05) is 37.3 Å². The Morgan fingerprint density at radius 2 is 1.97 bits per heavy atom. The van der Waals surface area contributed by atoms with Crippen LogP contribution in [0, 0.1) is 18.7 Å². The van der Waals surface area contributed by atoms with Crippen LogP contribution in [0.5, 0.6) is 0 Å². The van der Waals surface area contributed by atoms with Gasteiger partial charge in [0, 0.05) is 28.7 Å². The maximum atomic E-state index is 14.0. The molecule has 0 saturated heterocycles. The zero-order valence-corrected chi connectivity index (χ0v) is 22.2. The number of pyridine rings is 2. The number of anilines is 1. The minimum absolute atomic E-state index is 0.316. The van der Waals surface area contributed by atoms with E-state index in [1.54, 1.807) is 24.5 Å². The van der Waals surface area contributed by atoms with Crippen molar-refractivity contribution in [2.75, 3.05) is 5.32 Å². The minimum atomic E-state index is -0.316. The second-order valence-corrected chi connectivity index (χ2v) is 9.84. The number of nitrogens with one attached hydrogen (secondary N) is 3. The van der Waals surface area contributed by atoms with Crippen molar-refractivity contribution < 1.29 is 4.39 Å². The van der Waals surface area contributed by atoms with Crippen LogP contribution in [0.25, 0.3) is 39.4 Å². The molecule has 7 nitrogen and oxygen atoms in total. The molecule has 196 valence electrons. The number of allylic oxidation sites excluding steroid dienone is 3. The van der Waals surface area contributed by atoms with Crippen LogP contribution in [0.2, 0.25) is 0 Å². The first-order chi connectivity index (χ1) is 18.8. The highest BCUT2D eigenvalue weighted by molar-refractivity contribution is 5.90. The number of nitrogens with zero attached hydrogens (tertiary/aromatic N) is 4. The van der Waals surface area contributed by atoms with Gasteiger partial charge in [0.15, 0.2) is 11.5 Å². The highest BCUT2D eigenvalue weighted by Crippen LogP contribution is 2.31. The van der Waals surface area contributed by atoms with Crippen molar-refractivity contribution in [2.45, 2.75) is 27.2 Å². The topological polar surface area (TPSA) is 95.2 Å². The van der Waals surface area contributed by atoms with Crippen LogP contribution in [0.15, 0.2) is 85.9 Å². The first kappa shape index (κ1) is 25.8. The molecule has 5 rings (SSSR count). The maximum absolute atomic E-state index is 14.0. The summed E-state index contributed by atoms with van der Waals surface area (Å²) in [7, 11) is 0. The molecule has 5 aromatic rings. The van der Waals surface area contributed by atoms with Gasteiger partial charge in [-0.3, -0.25) is 10.1 Å². The third-order valence-electron chi connectivity index (χ3n) is 6.20. The fourth-order valence-corrected chi connectivity index (χ4v) is 4.54. The van der Waals surface area contributed by atoms with Crippen LogP contribution in [-0.2, 0) is 0 Å². The van der Waals surface area contributed by atoms with Gasteiger partial charge in [-0.25, -0.2) is 14.4 Å². The van der Waals surface area contributed by atoms with E-state index in [1.165, 1.54) is 12.1 Å². The average molecular weight is 520 g/mol. The molecule has 4 heterocycles. The quantitative estimate of drug-likeness (QED) is 0.176. The van der Waals surface area contributed by atoms with Crippen molar-refractivity contribution in [2.24, 2.45) is 5.92 Å². The van der Waals surface area contributed by atoms with Gasteiger partial charge in [-0.1, -0.05) is 51.3 Å². The van der Waals surface area contributed by atoms with E-state index in [4.69, 9.17) is 9.97 Å². The molecule has 0 aliphatic rings. The summed E-state index contributed by atoms with van der Waals surface area (Å²) in [5.74, 6) is 0.750. The lowest BCUT2D eigenvalue weighted by molar-refractivity contribution is 0.627. The Hall–Kier alpha value is -4.85. The van der Waals surface area contributed by atoms with E-state index < -0.39 is 0 Å². The molecular weight excluding hydrogens is 489 g/mol. The van der Waals surface area contributed by atoms with Crippen LogP contribution < -0.4 is 5.32 Å². The normalized spacial score (nSPS) is 11.8. The summed E-state index contributed by atoms with van der Waals surface area (Å²) >= 11 is 0. The smallest absolute Gasteiger partial charge is 0.161 e. The Morgan fingerprint density at radius 1 is 1.13 bits per heavy atom. The van der Waals surface area contributed by atoms with Crippen molar-refractivity contribution in [3.8, 4) is 22.8 Å². The number of fused-ring (bicyclic) bond motifs is 1. The summed E-state index contributed by atoms with van der Waals surface area (Å²) < 4.78 is 14.0. The van der Waals surface area contributed by atoms with Gasteiger partial charge in [-0.05, 0) is 55.2 Å². The largest absolute Gasteiger partial charge is 0.358 e. The molecule has 0 unspecified atom stereocenters. The number of rotatable bonds is 9. The van der Waals surface area contributed by atoms with Gasteiger partial charge in [0.05, 0.1) is 28.8 Å². The van der Waals surface area contributed by atoms with Crippen molar-refractivity contribution >= 4 is 22.3 Å². The summed E-state index contributed by atoms with van der Waals surface area (Å²) in [4.78, 5) is 17.5. The molecule has 0 radical (unpaired) electrons. The van der Waals surface area contributed by atoms with Gasteiger partial charge >= 0.3 is 0 Å². The molecule has 0 aliphatic carbocycles. The third-order valence-corrected chi connectivity index (χ3v) is 6.20. The van der Waals surface area contributed by atoms with Crippen LogP contribution in [0.1, 0.15) is 37.2 Å². The molecule has 1 aromatic carbocycles. The molecule has 4 aromatic heterocycles. The van der Waals surface area contributed by atoms with Crippen LogP contribution in [0.4, 0.5) is 10.1 Å². The summed E-state index contributed by atoms with van der Waals surface area (Å²) in [6.45, 7) is 14.2. The Bertz CT molecular complexity index is 1710. The number of halogens is 1. The number of aromatic nitrogens is 6. The first-order valence-corrected chi connectivity index (χ1v) is 12.7. The predicted octanol–water partition coefficient (Wildman–Crippen LogP) is 7.45. The second-order valence-electron chi connectivity index (χ2n) is 9.84. The zero-order chi connectivity index (χ0) is 27.5. The van der Waals surface area contributed by atoms with E-state index >= 15 is 0 Å². The van der Waals surface area contributed by atoms with E-state index in [0.29, 0.717) is 34.2 Å². The third kappa shape index (κ3) is 5.55. The zero-order valence-electron chi connectivity index (χ0n) is 22.2. The first-order valence-electron chi connectivity index (χ1n) is 12.7. The van der Waals surface area contributed by atoms with Crippen LogP contribution >= 0.6 is 0 Å². The van der Waals surface area contributed by atoms with Gasteiger partial charge in [-0.2, -0.15) is 5.10 Å². The van der Waals surface area contributed by atoms with E-state index in [-0.39, 0.29) is 5.82 Å². The van der Waals surface area contributed by atoms with Gasteiger partial charge in [0.1, 0.15) is 11.3 Å². The maximum Gasteiger partial charge on any atom is 0.161 e. The molecule has 8 heteroatoms. The van der Waals surface area contributed by atoms with Crippen LogP contribution in [-0.4, -0.2) is 30.1 Å². The lowest BCUT2D eigenvalue weighted by Crippen LogP contribution is -2.02. The fraction of sp³-hybridized carbons (Fsp3) is 0.161. The van der Waals surface area contributed by atoms with Crippen molar-refractivity contribution in [3.05, 3.63) is 109 Å². The lowest BCUT2D eigenvalue weighted by Gasteiger charge is -2.12. The van der Waals surface area contributed by atoms with Gasteiger partial charge in [-0.15, -0.1) is 0 Å². The van der Waals surface area contributed by atoms with Crippen LogP contribution in [0.3, 0.4) is 0 Å². The molecular formula is C31H30FN7. The Balaban J connectivity index is 1.51.